The first-order valence-corrected chi connectivity index (χ1v) is 13.6. The number of Topliss-reactive ketones (excluding diaryl/α,β-unsaturated/α-hetero) is 1. The molecule has 0 aliphatic rings. The number of aryl methyl sites for hydroxylation is 1. The lowest BCUT2D eigenvalue weighted by Crippen LogP contribution is -2.47. The van der Waals surface area contributed by atoms with Gasteiger partial charge < -0.3 is 15.8 Å². The molecule has 4 aromatic rings. The maximum Gasteiger partial charge on any atom is 0.287 e. The molecule has 1 atom stereocenters. The fourth-order valence-corrected chi connectivity index (χ4v) is 4.48. The van der Waals surface area contributed by atoms with E-state index in [4.69, 9.17) is 10.5 Å². The highest BCUT2D eigenvalue weighted by Crippen LogP contribution is 2.24. The van der Waals surface area contributed by atoms with E-state index in [1.54, 1.807) is 37.3 Å². The Kier molecular flexibility index (Phi) is 9.65. The number of carbonyl (C=O) groups is 3. The standard InChI is InChI=1S/C32H35N5O4/c1-4-36(5-2)21-24-11-15-26(16-12-24)41-27-17-13-25(14-18-27)37-29(19-22(3)35-37)32(40)34-28(30(38)31(33)39)20-23-9-7-6-8-10-23/h6-19,28H,4-5,20-21H2,1-3H3,(H2,33,39)(H,34,40). The van der Waals surface area contributed by atoms with Crippen molar-refractivity contribution in [1.29, 1.82) is 0 Å². The van der Waals surface area contributed by atoms with E-state index in [9.17, 15) is 14.4 Å². The summed E-state index contributed by atoms with van der Waals surface area (Å²) in [5.41, 5.74) is 8.73. The molecule has 0 spiro atoms. The van der Waals surface area contributed by atoms with Crippen LogP contribution in [0.4, 0.5) is 0 Å². The van der Waals surface area contributed by atoms with Gasteiger partial charge in [-0.3, -0.25) is 19.3 Å². The monoisotopic (exact) mass is 553 g/mol. The van der Waals surface area contributed by atoms with Crippen LogP contribution in [0.5, 0.6) is 11.5 Å². The van der Waals surface area contributed by atoms with E-state index in [0.29, 0.717) is 17.1 Å². The third-order valence-corrected chi connectivity index (χ3v) is 6.75. The van der Waals surface area contributed by atoms with Gasteiger partial charge >= 0.3 is 0 Å². The molecule has 0 aliphatic heterocycles. The summed E-state index contributed by atoms with van der Waals surface area (Å²) in [5, 5.41) is 7.14. The van der Waals surface area contributed by atoms with E-state index in [1.165, 1.54) is 10.2 Å². The Morgan fingerprint density at radius 1 is 0.902 bits per heavy atom. The maximum atomic E-state index is 13.3. The zero-order valence-electron chi connectivity index (χ0n) is 23.5. The minimum Gasteiger partial charge on any atom is -0.457 e. The lowest BCUT2D eigenvalue weighted by atomic mass is 10.0. The van der Waals surface area contributed by atoms with Crippen LogP contribution in [0.2, 0.25) is 0 Å². The second kappa shape index (κ2) is 13.5. The predicted octanol–water partition coefficient (Wildman–Crippen LogP) is 4.21. The van der Waals surface area contributed by atoms with E-state index in [1.807, 2.05) is 42.5 Å². The van der Waals surface area contributed by atoms with Crippen molar-refractivity contribution < 1.29 is 19.1 Å². The predicted molar refractivity (Wildman–Crippen MR) is 157 cm³/mol. The van der Waals surface area contributed by atoms with Crippen molar-refractivity contribution in [2.45, 2.75) is 39.8 Å². The Balaban J connectivity index is 1.48. The molecule has 0 bridgehead atoms. The highest BCUT2D eigenvalue weighted by Gasteiger charge is 2.27. The summed E-state index contributed by atoms with van der Waals surface area (Å²) in [5.74, 6) is -1.17. The highest BCUT2D eigenvalue weighted by molar-refractivity contribution is 6.38. The Morgan fingerprint density at radius 2 is 1.51 bits per heavy atom. The minimum absolute atomic E-state index is 0.129. The summed E-state index contributed by atoms with van der Waals surface area (Å²) in [6.07, 6.45) is 0.129. The number of primary amides is 1. The average molecular weight is 554 g/mol. The van der Waals surface area contributed by atoms with Crippen LogP contribution in [-0.2, 0) is 22.6 Å². The fraction of sp³-hybridized carbons (Fsp3) is 0.250. The maximum absolute atomic E-state index is 13.3. The van der Waals surface area contributed by atoms with Crippen LogP contribution in [0.3, 0.4) is 0 Å². The molecule has 0 fully saturated rings. The number of rotatable bonds is 13. The number of hydrogen-bond acceptors (Lipinski definition) is 6. The van der Waals surface area contributed by atoms with Gasteiger partial charge in [-0.15, -0.1) is 0 Å². The van der Waals surface area contributed by atoms with Gasteiger partial charge in [0, 0.05) is 13.0 Å². The minimum atomic E-state index is -1.11. The van der Waals surface area contributed by atoms with Gasteiger partial charge in [-0.05, 0) is 73.6 Å². The number of ether oxygens (including phenoxy) is 1. The number of nitrogens with zero attached hydrogens (tertiary/aromatic N) is 3. The lowest BCUT2D eigenvalue weighted by molar-refractivity contribution is -0.137. The fourth-order valence-electron chi connectivity index (χ4n) is 4.48. The molecule has 4 rings (SSSR count). The molecule has 1 aromatic heterocycles. The van der Waals surface area contributed by atoms with Crippen molar-refractivity contribution in [1.82, 2.24) is 20.0 Å². The van der Waals surface area contributed by atoms with Gasteiger partial charge in [0.2, 0.25) is 5.78 Å². The summed E-state index contributed by atoms with van der Waals surface area (Å²) in [7, 11) is 0. The molecule has 0 radical (unpaired) electrons. The lowest BCUT2D eigenvalue weighted by Gasteiger charge is -2.18. The van der Waals surface area contributed by atoms with Gasteiger partial charge in [-0.2, -0.15) is 5.10 Å². The first-order chi connectivity index (χ1) is 19.8. The largest absolute Gasteiger partial charge is 0.457 e. The van der Waals surface area contributed by atoms with E-state index in [2.05, 4.69) is 41.3 Å². The highest BCUT2D eigenvalue weighted by atomic mass is 16.5. The molecular weight excluding hydrogens is 518 g/mol. The number of carbonyl (C=O) groups excluding carboxylic acids is 3. The Morgan fingerprint density at radius 3 is 2.10 bits per heavy atom. The zero-order chi connectivity index (χ0) is 29.4. The smallest absolute Gasteiger partial charge is 0.287 e. The molecule has 3 aromatic carbocycles. The van der Waals surface area contributed by atoms with Crippen molar-refractivity contribution in [3.8, 4) is 17.2 Å². The van der Waals surface area contributed by atoms with Gasteiger partial charge in [-0.1, -0.05) is 56.3 Å². The van der Waals surface area contributed by atoms with Crippen LogP contribution in [0.15, 0.2) is 84.9 Å². The third kappa shape index (κ3) is 7.67. The van der Waals surface area contributed by atoms with Crippen LogP contribution in [-0.4, -0.2) is 51.4 Å². The summed E-state index contributed by atoms with van der Waals surface area (Å²) < 4.78 is 7.51. The molecule has 3 N–H and O–H groups in total. The molecule has 0 aliphatic carbocycles. The summed E-state index contributed by atoms with van der Waals surface area (Å²) in [6.45, 7) is 8.96. The Bertz CT molecular complexity index is 1480. The van der Waals surface area contributed by atoms with Crippen LogP contribution >= 0.6 is 0 Å². The van der Waals surface area contributed by atoms with E-state index >= 15 is 0 Å². The number of hydrogen-bond donors (Lipinski definition) is 2. The zero-order valence-corrected chi connectivity index (χ0v) is 23.5. The van der Waals surface area contributed by atoms with Gasteiger partial charge in [0.1, 0.15) is 23.2 Å². The Hall–Kier alpha value is -4.76. The number of ketones is 1. The number of amides is 2. The molecule has 1 heterocycles. The molecule has 0 saturated carbocycles. The second-order valence-electron chi connectivity index (χ2n) is 9.73. The Labute approximate surface area is 239 Å². The molecule has 212 valence electrons. The van der Waals surface area contributed by atoms with Crippen molar-refractivity contribution in [2.24, 2.45) is 5.73 Å². The first kappa shape index (κ1) is 29.2. The number of nitrogens with one attached hydrogen (secondary N) is 1. The van der Waals surface area contributed by atoms with Crippen LogP contribution < -0.4 is 15.8 Å². The van der Waals surface area contributed by atoms with Crippen molar-refractivity contribution >= 4 is 17.6 Å². The topological polar surface area (TPSA) is 120 Å². The normalized spacial score (nSPS) is 11.7. The van der Waals surface area contributed by atoms with Crippen molar-refractivity contribution in [3.05, 3.63) is 107 Å². The van der Waals surface area contributed by atoms with Gasteiger partial charge in [0.15, 0.2) is 0 Å². The molecule has 2 amide bonds. The van der Waals surface area contributed by atoms with Gasteiger partial charge in [-0.25, -0.2) is 4.68 Å². The van der Waals surface area contributed by atoms with Crippen molar-refractivity contribution in [3.63, 3.8) is 0 Å². The molecule has 9 nitrogen and oxygen atoms in total. The number of benzene rings is 3. The molecule has 41 heavy (non-hydrogen) atoms. The van der Waals surface area contributed by atoms with Gasteiger partial charge in [0.05, 0.1) is 11.4 Å². The second-order valence-corrected chi connectivity index (χ2v) is 9.73. The molecule has 0 saturated heterocycles. The van der Waals surface area contributed by atoms with E-state index in [-0.39, 0.29) is 12.1 Å². The van der Waals surface area contributed by atoms with Gasteiger partial charge in [0.25, 0.3) is 11.8 Å². The molecule has 1 unspecified atom stereocenters. The van der Waals surface area contributed by atoms with Crippen LogP contribution in [0.1, 0.15) is 41.2 Å². The first-order valence-electron chi connectivity index (χ1n) is 13.6. The summed E-state index contributed by atoms with van der Waals surface area (Å²) in [4.78, 5) is 39.9. The van der Waals surface area contributed by atoms with Crippen LogP contribution in [0.25, 0.3) is 5.69 Å². The number of nitrogens with two attached hydrogens (primary N) is 1. The molecular formula is C32H35N5O4. The van der Waals surface area contributed by atoms with E-state index in [0.717, 1.165) is 30.9 Å². The summed E-state index contributed by atoms with van der Waals surface area (Å²) in [6, 6.07) is 24.8. The SMILES string of the molecule is CCN(CC)Cc1ccc(Oc2ccc(-n3nc(C)cc3C(=O)NC(Cc3ccccc3)C(=O)C(N)=O)cc2)cc1. The molecule has 9 heteroatoms. The van der Waals surface area contributed by atoms with Crippen molar-refractivity contribution in [2.75, 3.05) is 13.1 Å². The quantitative estimate of drug-likeness (QED) is 0.239. The van der Waals surface area contributed by atoms with Crippen LogP contribution in [0, 0.1) is 6.92 Å². The number of aromatic nitrogens is 2. The van der Waals surface area contributed by atoms with E-state index < -0.39 is 23.6 Å². The average Bonchev–Trinajstić information content (AvgIpc) is 3.38. The summed E-state index contributed by atoms with van der Waals surface area (Å²) >= 11 is 0. The third-order valence-electron chi connectivity index (χ3n) is 6.75.